The SMILES string of the molecule is C=C(OCCCCC)OC(=O)C(=C)C. The molecular formula is C11H18O3. The summed E-state index contributed by atoms with van der Waals surface area (Å²) in [6.45, 7) is 11.1. The van der Waals surface area contributed by atoms with Gasteiger partial charge in [-0.25, -0.2) is 4.79 Å². The van der Waals surface area contributed by atoms with Crippen LogP contribution in [-0.2, 0) is 14.3 Å². The van der Waals surface area contributed by atoms with Crippen LogP contribution in [-0.4, -0.2) is 12.6 Å². The zero-order chi connectivity index (χ0) is 11.0. The largest absolute Gasteiger partial charge is 0.466 e. The fourth-order valence-electron chi connectivity index (χ4n) is 0.758. The molecule has 0 spiro atoms. The van der Waals surface area contributed by atoms with Gasteiger partial charge in [-0.3, -0.25) is 0 Å². The molecule has 0 aliphatic carbocycles. The van der Waals surface area contributed by atoms with E-state index in [1.165, 1.54) is 0 Å². The van der Waals surface area contributed by atoms with Crippen molar-refractivity contribution in [1.82, 2.24) is 0 Å². The minimum atomic E-state index is -0.495. The molecule has 0 aromatic carbocycles. The highest BCUT2D eigenvalue weighted by atomic mass is 16.7. The Morgan fingerprint density at radius 3 is 2.43 bits per heavy atom. The molecule has 3 heteroatoms. The molecule has 3 nitrogen and oxygen atoms in total. The highest BCUT2D eigenvalue weighted by Gasteiger charge is 2.06. The van der Waals surface area contributed by atoms with Crippen molar-refractivity contribution in [2.24, 2.45) is 0 Å². The molecule has 14 heavy (non-hydrogen) atoms. The summed E-state index contributed by atoms with van der Waals surface area (Å²) in [5.41, 5.74) is 0.336. The number of esters is 1. The van der Waals surface area contributed by atoms with E-state index in [1.807, 2.05) is 0 Å². The third-order valence-corrected chi connectivity index (χ3v) is 1.57. The van der Waals surface area contributed by atoms with Gasteiger partial charge in [0.05, 0.1) is 6.61 Å². The van der Waals surface area contributed by atoms with Gasteiger partial charge in [-0.15, -0.1) is 0 Å². The van der Waals surface area contributed by atoms with Gasteiger partial charge < -0.3 is 9.47 Å². The molecular weight excluding hydrogens is 180 g/mol. The van der Waals surface area contributed by atoms with Crippen molar-refractivity contribution < 1.29 is 14.3 Å². The lowest BCUT2D eigenvalue weighted by Crippen LogP contribution is -2.07. The Kier molecular flexibility index (Phi) is 6.54. The Bertz CT molecular complexity index is 219. The first kappa shape index (κ1) is 12.8. The molecule has 0 radical (unpaired) electrons. The molecule has 0 heterocycles. The molecule has 0 aliphatic rings. The number of hydrogen-bond donors (Lipinski definition) is 0. The predicted octanol–water partition coefficient (Wildman–Crippen LogP) is 2.78. The molecule has 80 valence electrons. The van der Waals surface area contributed by atoms with Gasteiger partial charge >= 0.3 is 5.97 Å². The Hall–Kier alpha value is -1.25. The molecule has 0 saturated carbocycles. The lowest BCUT2D eigenvalue weighted by Gasteiger charge is -2.08. The number of ether oxygens (including phenoxy) is 2. The van der Waals surface area contributed by atoms with Gasteiger partial charge in [-0.2, -0.15) is 0 Å². The van der Waals surface area contributed by atoms with E-state index >= 15 is 0 Å². The second kappa shape index (κ2) is 7.18. The van der Waals surface area contributed by atoms with Crippen LogP contribution in [0.3, 0.4) is 0 Å². The molecule has 0 N–H and O–H groups in total. The summed E-state index contributed by atoms with van der Waals surface area (Å²) in [5.74, 6) is -0.445. The van der Waals surface area contributed by atoms with Crippen molar-refractivity contribution >= 4 is 5.97 Å². The molecule has 0 saturated heterocycles. The first-order valence-electron chi connectivity index (χ1n) is 4.77. The van der Waals surface area contributed by atoms with Crippen LogP contribution >= 0.6 is 0 Å². The van der Waals surface area contributed by atoms with Crippen LogP contribution in [0.5, 0.6) is 0 Å². The van der Waals surface area contributed by atoms with Crippen LogP contribution in [0.2, 0.25) is 0 Å². The second-order valence-electron chi connectivity index (χ2n) is 3.10. The first-order chi connectivity index (χ1) is 6.57. The van der Waals surface area contributed by atoms with Gasteiger partial charge in [-0.05, 0) is 19.9 Å². The maximum atomic E-state index is 11.0. The van der Waals surface area contributed by atoms with Crippen molar-refractivity contribution in [3.8, 4) is 0 Å². The Morgan fingerprint density at radius 1 is 1.29 bits per heavy atom. The van der Waals surface area contributed by atoms with Crippen LogP contribution in [0.1, 0.15) is 33.1 Å². The van der Waals surface area contributed by atoms with E-state index < -0.39 is 5.97 Å². The van der Waals surface area contributed by atoms with E-state index in [-0.39, 0.29) is 5.95 Å². The molecule has 0 aromatic rings. The number of carbonyl (C=O) groups is 1. The Morgan fingerprint density at radius 2 is 1.93 bits per heavy atom. The summed E-state index contributed by atoms with van der Waals surface area (Å²) in [4.78, 5) is 11.0. The molecule has 0 aliphatic heterocycles. The summed E-state index contributed by atoms with van der Waals surface area (Å²) < 4.78 is 9.82. The lowest BCUT2D eigenvalue weighted by atomic mass is 10.3. The quantitative estimate of drug-likeness (QED) is 0.273. The highest BCUT2D eigenvalue weighted by Crippen LogP contribution is 2.03. The summed E-state index contributed by atoms with van der Waals surface area (Å²) in [6, 6.07) is 0. The van der Waals surface area contributed by atoms with Crippen molar-refractivity contribution in [3.63, 3.8) is 0 Å². The van der Waals surface area contributed by atoms with Gasteiger partial charge in [0.15, 0.2) is 0 Å². The van der Waals surface area contributed by atoms with Crippen LogP contribution in [0.4, 0.5) is 0 Å². The zero-order valence-electron chi connectivity index (χ0n) is 8.97. The van der Waals surface area contributed by atoms with E-state index in [9.17, 15) is 4.79 Å². The fourth-order valence-corrected chi connectivity index (χ4v) is 0.758. The summed E-state index contributed by atoms with van der Waals surface area (Å²) >= 11 is 0. The van der Waals surface area contributed by atoms with E-state index in [0.717, 1.165) is 19.3 Å². The zero-order valence-corrected chi connectivity index (χ0v) is 8.97. The average Bonchev–Trinajstić information content (AvgIpc) is 2.12. The minimum Gasteiger partial charge on any atom is -0.466 e. The van der Waals surface area contributed by atoms with Crippen LogP contribution in [0.25, 0.3) is 0 Å². The third-order valence-electron chi connectivity index (χ3n) is 1.57. The van der Waals surface area contributed by atoms with Gasteiger partial charge in [0, 0.05) is 5.57 Å². The van der Waals surface area contributed by atoms with Gasteiger partial charge in [0.2, 0.25) is 0 Å². The molecule has 0 bridgehead atoms. The molecule has 0 fully saturated rings. The lowest BCUT2D eigenvalue weighted by molar-refractivity contribution is -0.140. The monoisotopic (exact) mass is 198 g/mol. The van der Waals surface area contributed by atoms with Crippen LogP contribution in [0, 0.1) is 0 Å². The minimum absolute atomic E-state index is 0.0501. The van der Waals surface area contributed by atoms with Gasteiger partial charge in [0.1, 0.15) is 0 Å². The third kappa shape index (κ3) is 6.29. The van der Waals surface area contributed by atoms with Gasteiger partial charge in [0.25, 0.3) is 5.95 Å². The smallest absolute Gasteiger partial charge is 0.340 e. The number of unbranched alkanes of at least 4 members (excludes halogenated alkanes) is 2. The van der Waals surface area contributed by atoms with Crippen molar-refractivity contribution in [2.45, 2.75) is 33.1 Å². The Labute approximate surface area is 85.4 Å². The topological polar surface area (TPSA) is 35.5 Å². The van der Waals surface area contributed by atoms with E-state index in [4.69, 9.17) is 9.47 Å². The van der Waals surface area contributed by atoms with Crippen molar-refractivity contribution in [1.29, 1.82) is 0 Å². The molecule has 0 rings (SSSR count). The number of rotatable bonds is 7. The summed E-state index contributed by atoms with van der Waals surface area (Å²) in [5, 5.41) is 0. The summed E-state index contributed by atoms with van der Waals surface area (Å²) in [6.07, 6.45) is 3.17. The maximum absolute atomic E-state index is 11.0. The normalized spacial score (nSPS) is 9.29. The standard InChI is InChI=1S/C11H18O3/c1-5-6-7-8-13-10(4)14-11(12)9(2)3/h2,4-8H2,1,3H3. The highest BCUT2D eigenvalue weighted by molar-refractivity contribution is 5.87. The van der Waals surface area contributed by atoms with E-state index in [1.54, 1.807) is 6.92 Å². The maximum Gasteiger partial charge on any atom is 0.340 e. The van der Waals surface area contributed by atoms with E-state index in [0.29, 0.717) is 12.2 Å². The molecule has 0 unspecified atom stereocenters. The van der Waals surface area contributed by atoms with Crippen molar-refractivity contribution in [3.05, 3.63) is 24.7 Å². The molecule has 0 atom stereocenters. The fraction of sp³-hybridized carbons (Fsp3) is 0.545. The van der Waals surface area contributed by atoms with Gasteiger partial charge in [-0.1, -0.05) is 26.3 Å². The second-order valence-corrected chi connectivity index (χ2v) is 3.10. The molecule has 0 amide bonds. The number of hydrogen-bond acceptors (Lipinski definition) is 3. The van der Waals surface area contributed by atoms with Crippen LogP contribution < -0.4 is 0 Å². The Balaban J connectivity index is 3.56. The van der Waals surface area contributed by atoms with Crippen LogP contribution in [0.15, 0.2) is 24.7 Å². The summed E-state index contributed by atoms with van der Waals surface area (Å²) in [7, 11) is 0. The number of carbonyl (C=O) groups excluding carboxylic acids is 1. The molecule has 0 aromatic heterocycles. The first-order valence-corrected chi connectivity index (χ1v) is 4.77. The van der Waals surface area contributed by atoms with Crippen molar-refractivity contribution in [2.75, 3.05) is 6.61 Å². The van der Waals surface area contributed by atoms with E-state index in [2.05, 4.69) is 20.1 Å². The predicted molar refractivity (Wildman–Crippen MR) is 55.5 cm³/mol. The average molecular weight is 198 g/mol.